The van der Waals surface area contributed by atoms with Crippen molar-refractivity contribution in [2.75, 3.05) is 40.6 Å². The van der Waals surface area contributed by atoms with Crippen LogP contribution < -0.4 is 29.1 Å². The van der Waals surface area contributed by atoms with Gasteiger partial charge < -0.3 is 23.7 Å². The van der Waals surface area contributed by atoms with Crippen LogP contribution in [0.5, 0.6) is 17.2 Å². The number of methoxy groups -OCH3 is 2. The first kappa shape index (κ1) is 28.7. The summed E-state index contributed by atoms with van der Waals surface area (Å²) in [5, 5.41) is 0. The Morgan fingerprint density at radius 3 is 2.62 bits per heavy atom. The number of ether oxygens (including phenoxy) is 5. The molecule has 0 unspecified atom stereocenters. The molecule has 0 N–H and O–H groups in total. The zero-order valence-corrected chi connectivity index (χ0v) is 23.6. The third kappa shape index (κ3) is 5.81. The van der Waals surface area contributed by atoms with E-state index in [1.54, 1.807) is 37.3 Å². The lowest BCUT2D eigenvalue weighted by Crippen LogP contribution is -2.40. The van der Waals surface area contributed by atoms with Gasteiger partial charge in [0, 0.05) is 18.2 Å². The van der Waals surface area contributed by atoms with Crippen LogP contribution in [0, 0.1) is 12.3 Å². The van der Waals surface area contributed by atoms with E-state index in [9.17, 15) is 9.59 Å². The SMILES string of the molecule is C#CCOc1ccccc1/C=c1/sc2n(c1=O)[C@H](c1cccc(OC)c1OCC)C(C(=O)OCCOC)=C(C)N=2. The van der Waals surface area contributed by atoms with Gasteiger partial charge in [0.15, 0.2) is 16.3 Å². The molecule has 1 aromatic heterocycles. The number of benzene rings is 2. The first-order chi connectivity index (χ1) is 19.4. The fraction of sp³-hybridized carbons (Fsp3) is 0.300. The second kappa shape index (κ2) is 13.2. The molecule has 1 atom stereocenters. The summed E-state index contributed by atoms with van der Waals surface area (Å²) in [4.78, 5) is 32.5. The topological polar surface area (TPSA) is 97.6 Å². The number of fused-ring (bicyclic) bond motifs is 1. The van der Waals surface area contributed by atoms with E-state index in [2.05, 4.69) is 10.9 Å². The van der Waals surface area contributed by atoms with Crippen molar-refractivity contribution in [2.24, 2.45) is 4.99 Å². The summed E-state index contributed by atoms with van der Waals surface area (Å²) in [6.45, 7) is 4.29. The van der Waals surface area contributed by atoms with E-state index in [0.29, 0.717) is 50.0 Å². The molecule has 3 aromatic rings. The molecule has 40 heavy (non-hydrogen) atoms. The molecule has 208 valence electrons. The van der Waals surface area contributed by atoms with Gasteiger partial charge in [-0.15, -0.1) is 6.42 Å². The number of hydrogen-bond acceptors (Lipinski definition) is 9. The maximum Gasteiger partial charge on any atom is 0.338 e. The van der Waals surface area contributed by atoms with Gasteiger partial charge in [-0.25, -0.2) is 9.79 Å². The lowest BCUT2D eigenvalue weighted by atomic mass is 9.94. The van der Waals surface area contributed by atoms with Crippen molar-refractivity contribution in [3.05, 3.63) is 84.5 Å². The number of esters is 1. The van der Waals surface area contributed by atoms with Crippen molar-refractivity contribution in [1.29, 1.82) is 0 Å². The molecule has 0 spiro atoms. The van der Waals surface area contributed by atoms with Crippen molar-refractivity contribution in [3.63, 3.8) is 0 Å². The Bertz CT molecular complexity index is 1650. The van der Waals surface area contributed by atoms with E-state index in [-0.39, 0.29) is 31.0 Å². The summed E-state index contributed by atoms with van der Waals surface area (Å²) in [7, 11) is 3.06. The molecule has 0 fully saturated rings. The van der Waals surface area contributed by atoms with Gasteiger partial charge in [-0.1, -0.05) is 47.6 Å². The number of nitrogens with zero attached hydrogens (tertiary/aromatic N) is 2. The molecule has 0 saturated heterocycles. The van der Waals surface area contributed by atoms with Crippen LogP contribution in [-0.4, -0.2) is 51.2 Å². The highest BCUT2D eigenvalue weighted by atomic mass is 32.1. The number of terminal acetylenes is 1. The maximum absolute atomic E-state index is 14.0. The molecule has 0 bridgehead atoms. The molecule has 9 nitrogen and oxygen atoms in total. The molecule has 10 heteroatoms. The van der Waals surface area contributed by atoms with Crippen LogP contribution in [0.2, 0.25) is 0 Å². The van der Waals surface area contributed by atoms with Gasteiger partial charge in [0.2, 0.25) is 0 Å². The van der Waals surface area contributed by atoms with Crippen LogP contribution in [0.3, 0.4) is 0 Å². The third-order valence-electron chi connectivity index (χ3n) is 6.09. The number of thiazole rings is 1. The summed E-state index contributed by atoms with van der Waals surface area (Å²) >= 11 is 1.21. The molecule has 0 aliphatic carbocycles. The number of aromatic nitrogens is 1. The fourth-order valence-corrected chi connectivity index (χ4v) is 5.41. The molecule has 0 amide bonds. The van der Waals surface area contributed by atoms with Crippen molar-refractivity contribution in [1.82, 2.24) is 4.57 Å². The van der Waals surface area contributed by atoms with Gasteiger partial charge in [-0.05, 0) is 32.1 Å². The minimum Gasteiger partial charge on any atom is -0.493 e. The van der Waals surface area contributed by atoms with Crippen molar-refractivity contribution < 1.29 is 28.5 Å². The van der Waals surface area contributed by atoms with Crippen LogP contribution in [0.15, 0.2) is 63.5 Å². The predicted octanol–water partition coefficient (Wildman–Crippen LogP) is 2.84. The zero-order valence-electron chi connectivity index (χ0n) is 22.8. The largest absolute Gasteiger partial charge is 0.493 e. The van der Waals surface area contributed by atoms with Crippen LogP contribution in [0.25, 0.3) is 6.08 Å². The standard InChI is InChI=1S/C30H30N2O7S/c1-6-15-38-22-13-9-8-11-20(22)18-24-28(33)32-26(21-12-10-14-23(36-5)27(21)37-7-2)25(19(3)31-30(32)40-24)29(34)39-17-16-35-4/h1,8-14,18,26H,7,15-17H2,2-5H3/b24-18+/t26-/m1/s1. The number of carbonyl (C=O) groups is 1. The monoisotopic (exact) mass is 562 g/mol. The zero-order chi connectivity index (χ0) is 28.6. The summed E-state index contributed by atoms with van der Waals surface area (Å²) < 4.78 is 29.7. The second-order valence-electron chi connectivity index (χ2n) is 8.55. The summed E-state index contributed by atoms with van der Waals surface area (Å²) in [6.07, 6.45) is 7.10. The molecular formula is C30H30N2O7S. The smallest absolute Gasteiger partial charge is 0.338 e. The van der Waals surface area contributed by atoms with Crippen molar-refractivity contribution in [2.45, 2.75) is 19.9 Å². The third-order valence-corrected chi connectivity index (χ3v) is 7.07. The van der Waals surface area contributed by atoms with Gasteiger partial charge in [-0.2, -0.15) is 0 Å². The average molecular weight is 563 g/mol. The number of allylic oxidation sites excluding steroid dienone is 1. The normalized spacial score (nSPS) is 14.7. The lowest BCUT2D eigenvalue weighted by Gasteiger charge is -2.27. The molecular weight excluding hydrogens is 532 g/mol. The van der Waals surface area contributed by atoms with Crippen LogP contribution in [-0.2, 0) is 14.3 Å². The first-order valence-corrected chi connectivity index (χ1v) is 13.4. The Kier molecular flexibility index (Phi) is 9.43. The van der Waals surface area contributed by atoms with E-state index in [0.717, 1.165) is 0 Å². The van der Waals surface area contributed by atoms with Crippen molar-refractivity contribution >= 4 is 23.4 Å². The van der Waals surface area contributed by atoms with Crippen LogP contribution in [0.4, 0.5) is 0 Å². The quantitative estimate of drug-likeness (QED) is 0.201. The number of carbonyl (C=O) groups excluding carboxylic acids is 1. The molecule has 0 radical (unpaired) electrons. The Hall–Kier alpha value is -4.33. The highest BCUT2D eigenvalue weighted by molar-refractivity contribution is 7.07. The highest BCUT2D eigenvalue weighted by Gasteiger charge is 2.36. The lowest BCUT2D eigenvalue weighted by molar-refractivity contribution is -0.140. The molecule has 2 aromatic carbocycles. The van der Waals surface area contributed by atoms with E-state index < -0.39 is 12.0 Å². The van der Waals surface area contributed by atoms with Crippen LogP contribution >= 0.6 is 11.3 Å². The fourth-order valence-electron chi connectivity index (χ4n) is 4.37. The Labute approximate surface area is 235 Å². The summed E-state index contributed by atoms with van der Waals surface area (Å²) in [5.74, 6) is 3.30. The minimum atomic E-state index is -0.877. The molecule has 1 aliphatic heterocycles. The average Bonchev–Trinajstić information content (AvgIpc) is 3.26. The molecule has 2 heterocycles. The summed E-state index contributed by atoms with van der Waals surface area (Å²) in [6, 6.07) is 11.8. The van der Waals surface area contributed by atoms with E-state index in [1.165, 1.54) is 30.1 Å². The van der Waals surface area contributed by atoms with Crippen molar-refractivity contribution in [3.8, 4) is 29.6 Å². The first-order valence-electron chi connectivity index (χ1n) is 12.6. The van der Waals surface area contributed by atoms with Gasteiger partial charge in [0.25, 0.3) is 5.56 Å². The molecule has 4 rings (SSSR count). The Morgan fingerprint density at radius 2 is 1.90 bits per heavy atom. The van der Waals surface area contributed by atoms with Gasteiger partial charge >= 0.3 is 5.97 Å². The second-order valence-corrected chi connectivity index (χ2v) is 9.56. The highest BCUT2D eigenvalue weighted by Crippen LogP contribution is 2.40. The predicted molar refractivity (Wildman–Crippen MR) is 152 cm³/mol. The van der Waals surface area contributed by atoms with Gasteiger partial charge in [-0.3, -0.25) is 9.36 Å². The van der Waals surface area contributed by atoms with E-state index in [1.807, 2.05) is 25.1 Å². The summed E-state index contributed by atoms with van der Waals surface area (Å²) in [5.41, 5.74) is 1.58. The molecule has 0 saturated carbocycles. The van der Waals surface area contributed by atoms with E-state index in [4.69, 9.17) is 30.1 Å². The van der Waals surface area contributed by atoms with E-state index >= 15 is 0 Å². The number of rotatable bonds is 11. The van der Waals surface area contributed by atoms with Gasteiger partial charge in [0.05, 0.1) is 36.1 Å². The minimum absolute atomic E-state index is 0.0497. The maximum atomic E-state index is 14.0. The Balaban J connectivity index is 1.96. The number of para-hydroxylation sites is 2. The number of hydrogen-bond donors (Lipinski definition) is 0. The van der Waals surface area contributed by atoms with Crippen LogP contribution in [0.1, 0.15) is 31.0 Å². The molecule has 1 aliphatic rings. The Morgan fingerprint density at radius 1 is 1.12 bits per heavy atom. The van der Waals surface area contributed by atoms with Gasteiger partial charge in [0.1, 0.15) is 25.0 Å².